The summed E-state index contributed by atoms with van der Waals surface area (Å²) < 4.78 is 1.95. The topological polar surface area (TPSA) is 69.6 Å². The number of anilines is 1. The molecule has 0 aliphatic heterocycles. The SMILES string of the molecule is CCCn1nccc1-c1nc(N)c2c(n1)CCCC2. The highest BCUT2D eigenvalue weighted by atomic mass is 15.3. The van der Waals surface area contributed by atoms with Crippen LogP contribution >= 0.6 is 0 Å². The van der Waals surface area contributed by atoms with Crippen LogP contribution in [0.25, 0.3) is 11.5 Å². The number of hydrogen-bond acceptors (Lipinski definition) is 4. The molecule has 0 radical (unpaired) electrons. The van der Waals surface area contributed by atoms with Gasteiger partial charge in [0, 0.05) is 24.0 Å². The molecule has 0 bridgehead atoms. The number of nitrogens with zero attached hydrogens (tertiary/aromatic N) is 4. The van der Waals surface area contributed by atoms with Gasteiger partial charge in [-0.15, -0.1) is 0 Å². The average Bonchev–Trinajstić information content (AvgIpc) is 2.87. The number of nitrogen functional groups attached to an aromatic ring is 1. The molecule has 5 heteroatoms. The number of aryl methyl sites for hydroxylation is 2. The van der Waals surface area contributed by atoms with E-state index in [-0.39, 0.29) is 0 Å². The molecule has 0 spiro atoms. The van der Waals surface area contributed by atoms with Crippen LogP contribution in [0.2, 0.25) is 0 Å². The van der Waals surface area contributed by atoms with E-state index in [1.807, 2.05) is 10.7 Å². The first-order valence-corrected chi connectivity index (χ1v) is 6.97. The van der Waals surface area contributed by atoms with Gasteiger partial charge >= 0.3 is 0 Å². The summed E-state index contributed by atoms with van der Waals surface area (Å²) in [6.45, 7) is 3.01. The zero-order valence-corrected chi connectivity index (χ0v) is 11.3. The summed E-state index contributed by atoms with van der Waals surface area (Å²) in [5.41, 5.74) is 9.32. The fraction of sp³-hybridized carbons (Fsp3) is 0.500. The van der Waals surface area contributed by atoms with Gasteiger partial charge in [-0.05, 0) is 38.2 Å². The van der Waals surface area contributed by atoms with Crippen LogP contribution in [0, 0.1) is 0 Å². The van der Waals surface area contributed by atoms with Crippen molar-refractivity contribution in [3.63, 3.8) is 0 Å². The van der Waals surface area contributed by atoms with E-state index in [0.29, 0.717) is 11.6 Å². The molecule has 0 saturated heterocycles. The third-order valence-corrected chi connectivity index (χ3v) is 3.60. The van der Waals surface area contributed by atoms with Crippen LogP contribution in [0.4, 0.5) is 5.82 Å². The molecule has 0 atom stereocenters. The van der Waals surface area contributed by atoms with E-state index in [1.165, 1.54) is 12.8 Å². The predicted molar refractivity (Wildman–Crippen MR) is 74.6 cm³/mol. The molecule has 19 heavy (non-hydrogen) atoms. The molecular weight excluding hydrogens is 238 g/mol. The third-order valence-electron chi connectivity index (χ3n) is 3.60. The van der Waals surface area contributed by atoms with Crippen molar-refractivity contribution in [3.8, 4) is 11.5 Å². The Balaban J connectivity index is 2.05. The van der Waals surface area contributed by atoms with Gasteiger partial charge in [-0.1, -0.05) is 6.92 Å². The minimum atomic E-state index is 0.643. The lowest BCUT2D eigenvalue weighted by Gasteiger charge is -2.17. The zero-order chi connectivity index (χ0) is 13.2. The second-order valence-electron chi connectivity index (χ2n) is 5.00. The lowest BCUT2D eigenvalue weighted by Crippen LogP contribution is -2.13. The number of nitrogens with two attached hydrogens (primary N) is 1. The van der Waals surface area contributed by atoms with Gasteiger partial charge in [0.15, 0.2) is 5.82 Å². The lowest BCUT2D eigenvalue weighted by molar-refractivity contribution is 0.605. The third kappa shape index (κ3) is 2.20. The fourth-order valence-corrected chi connectivity index (χ4v) is 2.65. The van der Waals surface area contributed by atoms with Gasteiger partial charge in [0.05, 0.1) is 0 Å². The smallest absolute Gasteiger partial charge is 0.180 e. The van der Waals surface area contributed by atoms with Crippen LogP contribution < -0.4 is 5.73 Å². The minimum absolute atomic E-state index is 0.643. The van der Waals surface area contributed by atoms with Crippen LogP contribution in [-0.4, -0.2) is 19.7 Å². The van der Waals surface area contributed by atoms with Crippen LogP contribution in [-0.2, 0) is 19.4 Å². The van der Waals surface area contributed by atoms with Crippen LogP contribution in [0.15, 0.2) is 12.3 Å². The molecule has 2 aromatic rings. The quantitative estimate of drug-likeness (QED) is 0.915. The van der Waals surface area contributed by atoms with Crippen molar-refractivity contribution in [2.45, 2.75) is 45.6 Å². The van der Waals surface area contributed by atoms with Crippen molar-refractivity contribution in [1.82, 2.24) is 19.7 Å². The van der Waals surface area contributed by atoms with Crippen molar-refractivity contribution in [1.29, 1.82) is 0 Å². The van der Waals surface area contributed by atoms with E-state index in [4.69, 9.17) is 10.7 Å². The average molecular weight is 257 g/mol. The second kappa shape index (κ2) is 4.99. The maximum atomic E-state index is 6.09. The van der Waals surface area contributed by atoms with Crippen LogP contribution in [0.5, 0.6) is 0 Å². The van der Waals surface area contributed by atoms with Crippen LogP contribution in [0.1, 0.15) is 37.4 Å². The Morgan fingerprint density at radius 1 is 1.26 bits per heavy atom. The Bertz CT molecular complexity index is 588. The molecule has 0 saturated carbocycles. The molecule has 5 nitrogen and oxygen atoms in total. The van der Waals surface area contributed by atoms with Crippen molar-refractivity contribution in [3.05, 3.63) is 23.5 Å². The first kappa shape index (κ1) is 12.1. The Morgan fingerprint density at radius 2 is 2.11 bits per heavy atom. The second-order valence-corrected chi connectivity index (χ2v) is 5.00. The summed E-state index contributed by atoms with van der Waals surface area (Å²) in [6, 6.07) is 1.96. The molecule has 1 aliphatic rings. The van der Waals surface area contributed by atoms with E-state index in [0.717, 1.165) is 42.8 Å². The van der Waals surface area contributed by atoms with E-state index in [1.54, 1.807) is 6.20 Å². The zero-order valence-electron chi connectivity index (χ0n) is 11.3. The van der Waals surface area contributed by atoms with Gasteiger partial charge in [0.2, 0.25) is 0 Å². The first-order valence-electron chi connectivity index (χ1n) is 6.97. The molecule has 0 fully saturated rings. The number of aromatic nitrogens is 4. The summed E-state index contributed by atoms with van der Waals surface area (Å²) in [5, 5.41) is 4.32. The summed E-state index contributed by atoms with van der Waals surface area (Å²) in [6.07, 6.45) is 7.23. The van der Waals surface area contributed by atoms with Crippen molar-refractivity contribution < 1.29 is 0 Å². The molecule has 0 unspecified atom stereocenters. The summed E-state index contributed by atoms with van der Waals surface area (Å²) in [7, 11) is 0. The van der Waals surface area contributed by atoms with Gasteiger partial charge < -0.3 is 5.73 Å². The molecule has 2 heterocycles. The van der Waals surface area contributed by atoms with Gasteiger partial charge in [0.25, 0.3) is 0 Å². The van der Waals surface area contributed by atoms with Gasteiger partial charge in [-0.2, -0.15) is 5.10 Å². The van der Waals surface area contributed by atoms with Gasteiger partial charge in [-0.25, -0.2) is 9.97 Å². The highest BCUT2D eigenvalue weighted by Crippen LogP contribution is 2.26. The highest BCUT2D eigenvalue weighted by Gasteiger charge is 2.18. The van der Waals surface area contributed by atoms with Crippen LogP contribution in [0.3, 0.4) is 0 Å². The Kier molecular flexibility index (Phi) is 3.19. The lowest BCUT2D eigenvalue weighted by atomic mass is 9.96. The van der Waals surface area contributed by atoms with Gasteiger partial charge in [0.1, 0.15) is 11.5 Å². The van der Waals surface area contributed by atoms with E-state index >= 15 is 0 Å². The Labute approximate surface area is 112 Å². The standard InChI is InChI=1S/C14H19N5/c1-2-9-19-12(7-8-16-19)14-17-11-6-4-3-5-10(11)13(15)18-14/h7-8H,2-6,9H2,1H3,(H2,15,17,18). The predicted octanol–water partition coefficient (Wildman–Crippen LogP) is 2.21. The maximum Gasteiger partial charge on any atom is 0.180 e. The molecule has 100 valence electrons. The Morgan fingerprint density at radius 3 is 2.95 bits per heavy atom. The van der Waals surface area contributed by atoms with Crippen molar-refractivity contribution >= 4 is 5.82 Å². The molecule has 3 rings (SSSR count). The van der Waals surface area contributed by atoms with Gasteiger partial charge in [-0.3, -0.25) is 4.68 Å². The summed E-state index contributed by atoms with van der Waals surface area (Å²) in [5.74, 6) is 1.35. The molecule has 0 amide bonds. The molecule has 2 N–H and O–H groups in total. The first-order chi connectivity index (χ1) is 9.29. The normalized spacial score (nSPS) is 14.4. The monoisotopic (exact) mass is 257 g/mol. The number of hydrogen-bond donors (Lipinski definition) is 1. The van der Waals surface area contributed by atoms with Crippen molar-refractivity contribution in [2.75, 3.05) is 5.73 Å². The van der Waals surface area contributed by atoms with E-state index < -0.39 is 0 Å². The summed E-state index contributed by atoms with van der Waals surface area (Å²) in [4.78, 5) is 9.19. The molecule has 2 aromatic heterocycles. The number of rotatable bonds is 3. The highest BCUT2D eigenvalue weighted by molar-refractivity contribution is 5.55. The largest absolute Gasteiger partial charge is 0.383 e. The van der Waals surface area contributed by atoms with E-state index in [2.05, 4.69) is 17.0 Å². The summed E-state index contributed by atoms with van der Waals surface area (Å²) >= 11 is 0. The number of fused-ring (bicyclic) bond motifs is 1. The molecule has 0 aromatic carbocycles. The maximum absolute atomic E-state index is 6.09. The van der Waals surface area contributed by atoms with E-state index in [9.17, 15) is 0 Å². The van der Waals surface area contributed by atoms with Crippen molar-refractivity contribution in [2.24, 2.45) is 0 Å². The fourth-order valence-electron chi connectivity index (χ4n) is 2.65. The molecular formula is C14H19N5. The minimum Gasteiger partial charge on any atom is -0.383 e. The molecule has 1 aliphatic carbocycles. The Hall–Kier alpha value is -1.91.